The first-order valence-corrected chi connectivity index (χ1v) is 6.26. The summed E-state index contributed by atoms with van der Waals surface area (Å²) in [7, 11) is 0. The molecule has 1 aromatic carbocycles. The zero-order valence-corrected chi connectivity index (χ0v) is 10.5. The van der Waals surface area contributed by atoms with E-state index in [-0.39, 0.29) is 0 Å². The van der Waals surface area contributed by atoms with Crippen LogP contribution in [0.3, 0.4) is 0 Å². The van der Waals surface area contributed by atoms with Crippen LogP contribution >= 0.6 is 11.6 Å². The van der Waals surface area contributed by atoms with E-state index in [2.05, 4.69) is 15.0 Å². The molecule has 3 rings (SSSR count). The van der Waals surface area contributed by atoms with E-state index in [0.717, 1.165) is 25.9 Å². The maximum absolute atomic E-state index is 6.11. The van der Waals surface area contributed by atoms with Gasteiger partial charge in [-0.3, -0.25) is 0 Å². The number of halogens is 1. The Kier molecular flexibility index (Phi) is 2.83. The summed E-state index contributed by atoms with van der Waals surface area (Å²) in [6.07, 6.45) is 2.33. The molecule has 6 heteroatoms. The Hall–Kier alpha value is -1.75. The van der Waals surface area contributed by atoms with Crippen LogP contribution in [0.25, 0.3) is 11.5 Å². The number of nitrogen functional groups attached to an aromatic ring is 1. The van der Waals surface area contributed by atoms with Gasteiger partial charge in [0, 0.05) is 18.8 Å². The molecule has 0 spiro atoms. The van der Waals surface area contributed by atoms with E-state index in [1.165, 1.54) is 0 Å². The average molecular weight is 265 g/mol. The number of anilines is 2. The lowest BCUT2D eigenvalue weighted by Gasteiger charge is -2.09. The molecular formula is C12H13ClN4O. The Morgan fingerprint density at radius 3 is 2.78 bits per heavy atom. The second kappa shape index (κ2) is 4.49. The zero-order valence-electron chi connectivity index (χ0n) is 9.77. The Bertz CT molecular complexity index is 543. The molecule has 0 amide bonds. The maximum Gasteiger partial charge on any atom is 0.266 e. The van der Waals surface area contributed by atoms with Gasteiger partial charge in [0.1, 0.15) is 0 Å². The van der Waals surface area contributed by atoms with Crippen molar-refractivity contribution in [1.29, 1.82) is 0 Å². The smallest absolute Gasteiger partial charge is 0.266 e. The van der Waals surface area contributed by atoms with Gasteiger partial charge in [0.2, 0.25) is 0 Å². The van der Waals surface area contributed by atoms with E-state index in [1.54, 1.807) is 18.2 Å². The molecule has 0 aliphatic carbocycles. The lowest BCUT2D eigenvalue weighted by molar-refractivity contribution is 0.430. The minimum absolute atomic E-state index is 0.375. The molecule has 0 radical (unpaired) electrons. The van der Waals surface area contributed by atoms with Crippen LogP contribution in [0.1, 0.15) is 12.8 Å². The van der Waals surface area contributed by atoms with Crippen LogP contribution in [0.2, 0.25) is 5.02 Å². The lowest BCUT2D eigenvalue weighted by Crippen LogP contribution is -2.18. The van der Waals surface area contributed by atoms with Crippen molar-refractivity contribution in [3.8, 4) is 11.5 Å². The Morgan fingerprint density at radius 1 is 1.28 bits per heavy atom. The van der Waals surface area contributed by atoms with Crippen molar-refractivity contribution in [2.45, 2.75) is 12.8 Å². The largest absolute Gasteiger partial charge is 0.398 e. The molecule has 1 aliphatic rings. The molecule has 2 heterocycles. The van der Waals surface area contributed by atoms with Crippen molar-refractivity contribution < 1.29 is 4.52 Å². The van der Waals surface area contributed by atoms with Crippen LogP contribution in [0.5, 0.6) is 0 Å². The quantitative estimate of drug-likeness (QED) is 0.845. The molecule has 0 atom stereocenters. The van der Waals surface area contributed by atoms with Crippen LogP contribution in [0, 0.1) is 0 Å². The second-order valence-electron chi connectivity index (χ2n) is 4.30. The summed E-state index contributed by atoms with van der Waals surface area (Å²) in [5, 5.41) is 4.50. The van der Waals surface area contributed by atoms with Crippen molar-refractivity contribution >= 4 is 23.2 Å². The number of aromatic nitrogens is 2. The van der Waals surface area contributed by atoms with E-state index >= 15 is 0 Å². The number of hydrogen-bond acceptors (Lipinski definition) is 5. The predicted molar refractivity (Wildman–Crippen MR) is 70.6 cm³/mol. The highest BCUT2D eigenvalue weighted by atomic mass is 35.5. The molecule has 2 aromatic rings. The summed E-state index contributed by atoms with van der Waals surface area (Å²) in [6, 6.07) is 5.31. The average Bonchev–Trinajstić information content (AvgIpc) is 2.99. The summed E-state index contributed by atoms with van der Waals surface area (Å²) >= 11 is 6.11. The van der Waals surface area contributed by atoms with Gasteiger partial charge in [-0.15, -0.1) is 0 Å². The third kappa shape index (κ3) is 1.90. The Labute approximate surface area is 110 Å². The second-order valence-corrected chi connectivity index (χ2v) is 4.70. The molecule has 1 aromatic heterocycles. The first kappa shape index (κ1) is 11.3. The van der Waals surface area contributed by atoms with Crippen LogP contribution in [0.4, 0.5) is 11.6 Å². The van der Waals surface area contributed by atoms with Gasteiger partial charge < -0.3 is 15.2 Å². The molecule has 1 saturated heterocycles. The summed E-state index contributed by atoms with van der Waals surface area (Å²) in [4.78, 5) is 6.47. The number of hydrogen-bond donors (Lipinski definition) is 1. The molecule has 2 N–H and O–H groups in total. The fourth-order valence-corrected chi connectivity index (χ4v) is 2.39. The lowest BCUT2D eigenvalue weighted by atomic mass is 10.2. The number of nitrogens with two attached hydrogens (primary N) is 1. The first-order valence-electron chi connectivity index (χ1n) is 5.89. The van der Waals surface area contributed by atoms with Crippen LogP contribution < -0.4 is 10.6 Å². The minimum atomic E-state index is 0.375. The topological polar surface area (TPSA) is 68.2 Å². The van der Waals surface area contributed by atoms with Crippen LogP contribution in [-0.2, 0) is 0 Å². The van der Waals surface area contributed by atoms with Crippen molar-refractivity contribution in [2.75, 3.05) is 23.7 Å². The SMILES string of the molecule is Nc1cccc(Cl)c1-c1nc(N2CCCC2)no1. The van der Waals surface area contributed by atoms with Gasteiger partial charge in [0.25, 0.3) is 11.8 Å². The van der Waals surface area contributed by atoms with Crippen LogP contribution in [0.15, 0.2) is 22.7 Å². The van der Waals surface area contributed by atoms with Crippen molar-refractivity contribution in [1.82, 2.24) is 10.1 Å². The fraction of sp³-hybridized carbons (Fsp3) is 0.333. The van der Waals surface area contributed by atoms with Crippen molar-refractivity contribution in [2.24, 2.45) is 0 Å². The van der Waals surface area contributed by atoms with Crippen molar-refractivity contribution in [3.63, 3.8) is 0 Å². The number of nitrogens with zero attached hydrogens (tertiary/aromatic N) is 3. The molecule has 0 unspecified atom stereocenters. The molecule has 0 bridgehead atoms. The zero-order chi connectivity index (χ0) is 12.5. The van der Waals surface area contributed by atoms with Gasteiger partial charge in [-0.25, -0.2) is 0 Å². The highest BCUT2D eigenvalue weighted by Crippen LogP contribution is 2.33. The van der Waals surface area contributed by atoms with E-state index in [1.807, 2.05) is 0 Å². The highest BCUT2D eigenvalue weighted by molar-refractivity contribution is 6.33. The van der Waals surface area contributed by atoms with Gasteiger partial charge in [0.05, 0.1) is 10.6 Å². The molecule has 1 fully saturated rings. The number of benzene rings is 1. The first-order chi connectivity index (χ1) is 8.75. The normalized spacial score (nSPS) is 15.3. The molecule has 18 heavy (non-hydrogen) atoms. The molecule has 94 valence electrons. The minimum Gasteiger partial charge on any atom is -0.398 e. The van der Waals surface area contributed by atoms with Gasteiger partial charge in [-0.1, -0.05) is 17.7 Å². The Balaban J connectivity index is 1.97. The van der Waals surface area contributed by atoms with Crippen LogP contribution in [-0.4, -0.2) is 23.2 Å². The molecule has 0 saturated carbocycles. The van der Waals surface area contributed by atoms with E-state index < -0.39 is 0 Å². The number of rotatable bonds is 2. The van der Waals surface area contributed by atoms with E-state index in [4.69, 9.17) is 21.9 Å². The van der Waals surface area contributed by atoms with Gasteiger partial charge in [-0.05, 0) is 30.1 Å². The fourth-order valence-electron chi connectivity index (χ4n) is 2.13. The third-order valence-electron chi connectivity index (χ3n) is 3.06. The van der Waals surface area contributed by atoms with Gasteiger partial charge in [-0.2, -0.15) is 4.98 Å². The monoisotopic (exact) mass is 264 g/mol. The van der Waals surface area contributed by atoms with Gasteiger partial charge >= 0.3 is 0 Å². The van der Waals surface area contributed by atoms with E-state index in [9.17, 15) is 0 Å². The predicted octanol–water partition coefficient (Wildman–Crippen LogP) is 2.57. The maximum atomic E-state index is 6.11. The molecular weight excluding hydrogens is 252 g/mol. The summed E-state index contributed by atoms with van der Waals surface area (Å²) < 4.78 is 5.26. The van der Waals surface area contributed by atoms with E-state index in [0.29, 0.717) is 28.1 Å². The summed E-state index contributed by atoms with van der Waals surface area (Å²) in [5.41, 5.74) is 7.04. The van der Waals surface area contributed by atoms with Crippen molar-refractivity contribution in [3.05, 3.63) is 23.2 Å². The summed E-state index contributed by atoms with van der Waals surface area (Å²) in [6.45, 7) is 1.94. The Morgan fingerprint density at radius 2 is 2.06 bits per heavy atom. The standard InChI is InChI=1S/C12H13ClN4O/c13-8-4-3-5-9(14)10(8)11-15-12(16-18-11)17-6-1-2-7-17/h3-5H,1-2,6-7,14H2. The summed E-state index contributed by atoms with van der Waals surface area (Å²) in [5.74, 6) is 0.988. The molecule has 1 aliphatic heterocycles. The highest BCUT2D eigenvalue weighted by Gasteiger charge is 2.20. The molecule has 5 nitrogen and oxygen atoms in total. The van der Waals surface area contributed by atoms with Gasteiger partial charge in [0.15, 0.2) is 0 Å². The third-order valence-corrected chi connectivity index (χ3v) is 3.38.